The van der Waals surface area contributed by atoms with Gasteiger partial charge in [0.25, 0.3) is 0 Å². The fourth-order valence-electron chi connectivity index (χ4n) is 4.05. The minimum Gasteiger partial charge on any atom is -0.306 e. The molecule has 1 fully saturated rings. The predicted molar refractivity (Wildman–Crippen MR) is 88.5 cm³/mol. The molecule has 1 aromatic heterocycles. The van der Waals surface area contributed by atoms with Crippen molar-refractivity contribution in [3.8, 4) is 0 Å². The highest BCUT2D eigenvalue weighted by atomic mass is 32.1. The van der Waals surface area contributed by atoms with E-state index in [0.717, 1.165) is 12.0 Å². The van der Waals surface area contributed by atoms with Gasteiger partial charge in [-0.1, -0.05) is 26.2 Å². The van der Waals surface area contributed by atoms with E-state index in [-0.39, 0.29) is 0 Å². The van der Waals surface area contributed by atoms with E-state index in [9.17, 15) is 0 Å². The van der Waals surface area contributed by atoms with Crippen molar-refractivity contribution in [1.29, 1.82) is 0 Å². The maximum atomic E-state index is 3.96. The summed E-state index contributed by atoms with van der Waals surface area (Å²) >= 11 is 2.08. The second-order valence-electron chi connectivity index (χ2n) is 6.75. The molecule has 1 saturated carbocycles. The van der Waals surface area contributed by atoms with Crippen LogP contribution in [0, 0.1) is 5.92 Å². The fourth-order valence-corrected chi connectivity index (χ4v) is 5.32. The summed E-state index contributed by atoms with van der Waals surface area (Å²) in [4.78, 5) is 3.26. The van der Waals surface area contributed by atoms with Crippen LogP contribution >= 0.6 is 11.3 Å². The van der Waals surface area contributed by atoms with Gasteiger partial charge in [0.15, 0.2) is 0 Å². The minimum absolute atomic E-state index is 0.544. The smallest absolute Gasteiger partial charge is 0.0388 e. The Morgan fingerprint density at radius 2 is 2.00 bits per heavy atom. The van der Waals surface area contributed by atoms with Crippen molar-refractivity contribution in [2.75, 3.05) is 0 Å². The number of thiophene rings is 1. The molecule has 0 saturated heterocycles. The van der Waals surface area contributed by atoms with Crippen molar-refractivity contribution in [3.05, 3.63) is 21.4 Å². The lowest BCUT2D eigenvalue weighted by molar-refractivity contribution is 0.241. The minimum atomic E-state index is 0.544. The normalized spacial score (nSPS) is 28.1. The number of nitrogens with one attached hydrogen (secondary N) is 1. The van der Waals surface area contributed by atoms with E-state index in [1.54, 1.807) is 15.3 Å². The summed E-state index contributed by atoms with van der Waals surface area (Å²) in [5.74, 6) is 0.904. The number of hydrogen-bond donors (Lipinski definition) is 1. The third kappa shape index (κ3) is 3.12. The van der Waals surface area contributed by atoms with Crippen molar-refractivity contribution in [3.63, 3.8) is 0 Å². The Morgan fingerprint density at radius 1 is 1.20 bits per heavy atom. The molecule has 0 amide bonds. The molecule has 1 N–H and O–H groups in total. The summed E-state index contributed by atoms with van der Waals surface area (Å²) in [7, 11) is 0. The standard InChI is InChI=1S/C18H29NS/c1-3-14-8-4-6-10-16(14)19-13(2)18-12-15-9-5-7-11-17(15)20-18/h12-14,16,19H,3-11H2,1-2H3. The van der Waals surface area contributed by atoms with Gasteiger partial charge < -0.3 is 5.32 Å². The van der Waals surface area contributed by atoms with Crippen LogP contribution in [0.4, 0.5) is 0 Å². The average Bonchev–Trinajstić information content (AvgIpc) is 2.92. The van der Waals surface area contributed by atoms with Gasteiger partial charge in [-0.2, -0.15) is 0 Å². The Hall–Kier alpha value is -0.340. The Kier molecular flexibility index (Phi) is 4.83. The molecule has 3 unspecified atom stereocenters. The average molecular weight is 292 g/mol. The van der Waals surface area contributed by atoms with E-state index < -0.39 is 0 Å². The second kappa shape index (κ2) is 6.62. The van der Waals surface area contributed by atoms with Crippen LogP contribution in [0.2, 0.25) is 0 Å². The summed E-state index contributed by atoms with van der Waals surface area (Å²) in [6.07, 6.45) is 12.5. The zero-order chi connectivity index (χ0) is 13.9. The molecule has 2 aliphatic rings. The first-order valence-electron chi connectivity index (χ1n) is 8.65. The van der Waals surface area contributed by atoms with Gasteiger partial charge in [0.05, 0.1) is 0 Å². The molecule has 2 aliphatic carbocycles. The van der Waals surface area contributed by atoms with Crippen molar-refractivity contribution in [2.24, 2.45) is 5.92 Å². The van der Waals surface area contributed by atoms with Gasteiger partial charge in [0.1, 0.15) is 0 Å². The molecule has 0 aromatic carbocycles. The van der Waals surface area contributed by atoms with Crippen molar-refractivity contribution < 1.29 is 0 Å². The third-order valence-electron chi connectivity index (χ3n) is 5.34. The number of aryl methyl sites for hydroxylation is 2. The molecule has 1 aromatic rings. The van der Waals surface area contributed by atoms with Crippen LogP contribution in [0.3, 0.4) is 0 Å². The molecular formula is C18H29NS. The van der Waals surface area contributed by atoms with Crippen molar-refractivity contribution in [1.82, 2.24) is 5.32 Å². The summed E-state index contributed by atoms with van der Waals surface area (Å²) in [5.41, 5.74) is 1.65. The summed E-state index contributed by atoms with van der Waals surface area (Å²) in [5, 5.41) is 3.96. The highest BCUT2D eigenvalue weighted by Gasteiger charge is 2.26. The second-order valence-corrected chi connectivity index (χ2v) is 7.92. The van der Waals surface area contributed by atoms with Crippen molar-refractivity contribution >= 4 is 11.3 Å². The lowest BCUT2D eigenvalue weighted by atomic mass is 9.82. The Bertz CT molecular complexity index is 413. The van der Waals surface area contributed by atoms with Crippen molar-refractivity contribution in [2.45, 2.75) is 83.7 Å². The van der Waals surface area contributed by atoms with E-state index in [2.05, 4.69) is 36.6 Å². The van der Waals surface area contributed by atoms with Gasteiger partial charge in [-0.25, -0.2) is 0 Å². The fraction of sp³-hybridized carbons (Fsp3) is 0.778. The van der Waals surface area contributed by atoms with E-state index in [1.807, 2.05) is 0 Å². The van der Waals surface area contributed by atoms with Crippen LogP contribution in [-0.2, 0) is 12.8 Å². The predicted octanol–water partition coefficient (Wildman–Crippen LogP) is 5.25. The van der Waals surface area contributed by atoms with Gasteiger partial charge in [-0.05, 0) is 63.0 Å². The summed E-state index contributed by atoms with van der Waals surface area (Å²) in [6, 6.07) is 3.80. The SMILES string of the molecule is CCC1CCCCC1NC(C)c1cc2c(s1)CCCC2. The lowest BCUT2D eigenvalue weighted by Gasteiger charge is -2.33. The van der Waals surface area contributed by atoms with Crippen LogP contribution < -0.4 is 5.32 Å². The van der Waals surface area contributed by atoms with Crippen LogP contribution in [0.25, 0.3) is 0 Å². The molecule has 1 nitrogen and oxygen atoms in total. The maximum absolute atomic E-state index is 3.96. The van der Waals surface area contributed by atoms with E-state index >= 15 is 0 Å². The molecule has 20 heavy (non-hydrogen) atoms. The van der Waals surface area contributed by atoms with Crippen LogP contribution in [0.5, 0.6) is 0 Å². The molecule has 112 valence electrons. The molecule has 0 aliphatic heterocycles. The molecular weight excluding hydrogens is 262 g/mol. The lowest BCUT2D eigenvalue weighted by Crippen LogP contribution is -2.39. The molecule has 0 spiro atoms. The highest BCUT2D eigenvalue weighted by Crippen LogP contribution is 2.34. The van der Waals surface area contributed by atoms with Crippen LogP contribution in [-0.4, -0.2) is 6.04 Å². The quantitative estimate of drug-likeness (QED) is 0.799. The topological polar surface area (TPSA) is 12.0 Å². The van der Waals surface area contributed by atoms with E-state index in [4.69, 9.17) is 0 Å². The highest BCUT2D eigenvalue weighted by molar-refractivity contribution is 7.12. The number of rotatable bonds is 4. The molecule has 0 radical (unpaired) electrons. The van der Waals surface area contributed by atoms with Crippen LogP contribution in [0.1, 0.15) is 80.2 Å². The molecule has 3 atom stereocenters. The summed E-state index contributed by atoms with van der Waals surface area (Å²) in [6.45, 7) is 4.73. The molecule has 0 bridgehead atoms. The first-order chi connectivity index (χ1) is 9.78. The van der Waals surface area contributed by atoms with Gasteiger partial charge in [0.2, 0.25) is 0 Å². The largest absolute Gasteiger partial charge is 0.306 e. The Morgan fingerprint density at radius 3 is 2.80 bits per heavy atom. The summed E-state index contributed by atoms with van der Waals surface area (Å²) < 4.78 is 0. The Labute approximate surface area is 128 Å². The number of fused-ring (bicyclic) bond motifs is 1. The molecule has 3 rings (SSSR count). The first kappa shape index (κ1) is 14.6. The monoisotopic (exact) mass is 291 g/mol. The first-order valence-corrected chi connectivity index (χ1v) is 9.47. The zero-order valence-corrected chi connectivity index (χ0v) is 13.9. The third-order valence-corrected chi connectivity index (χ3v) is 6.76. The van der Waals surface area contributed by atoms with E-state index in [0.29, 0.717) is 6.04 Å². The van der Waals surface area contributed by atoms with Gasteiger partial charge in [0, 0.05) is 21.8 Å². The van der Waals surface area contributed by atoms with Gasteiger partial charge in [-0.3, -0.25) is 0 Å². The zero-order valence-electron chi connectivity index (χ0n) is 13.1. The van der Waals surface area contributed by atoms with Gasteiger partial charge in [-0.15, -0.1) is 11.3 Å². The molecule has 1 heterocycles. The van der Waals surface area contributed by atoms with Gasteiger partial charge >= 0.3 is 0 Å². The number of hydrogen-bond acceptors (Lipinski definition) is 2. The molecule has 2 heteroatoms. The Balaban J connectivity index is 1.66. The van der Waals surface area contributed by atoms with Crippen LogP contribution in [0.15, 0.2) is 6.07 Å². The maximum Gasteiger partial charge on any atom is 0.0388 e. The van der Waals surface area contributed by atoms with E-state index in [1.165, 1.54) is 57.8 Å².